The van der Waals surface area contributed by atoms with Gasteiger partial charge in [-0.1, -0.05) is 11.6 Å². The molecule has 3 rings (SSSR count). The number of ether oxygens (including phenoxy) is 1. The quantitative estimate of drug-likeness (QED) is 0.730. The smallest absolute Gasteiger partial charge is 0.495 e. The van der Waals surface area contributed by atoms with Gasteiger partial charge in [-0.3, -0.25) is 0 Å². The Morgan fingerprint density at radius 1 is 1.47 bits per heavy atom. The summed E-state index contributed by atoms with van der Waals surface area (Å²) in [5.74, 6) is 0. The molecule has 1 atom stereocenters. The molecule has 3 heterocycles. The van der Waals surface area contributed by atoms with Crippen LogP contribution in [0.5, 0.6) is 0 Å². The fraction of sp³-hybridized carbons (Fsp3) is 0.400. The van der Waals surface area contributed by atoms with Crippen molar-refractivity contribution in [1.29, 1.82) is 0 Å². The summed E-state index contributed by atoms with van der Waals surface area (Å²) >= 11 is 6.27. The third-order valence-electron chi connectivity index (χ3n) is 2.95. The highest BCUT2D eigenvalue weighted by molar-refractivity contribution is 6.58. The Labute approximate surface area is 111 Å². The van der Waals surface area contributed by atoms with Crippen molar-refractivity contribution < 1.29 is 14.0 Å². The van der Waals surface area contributed by atoms with Gasteiger partial charge in [-0.15, -0.1) is 12.4 Å². The van der Waals surface area contributed by atoms with Crippen LogP contribution in [0, 0.1) is 0 Å². The van der Waals surface area contributed by atoms with Crippen molar-refractivity contribution >= 4 is 31.1 Å². The third-order valence-corrected chi connectivity index (χ3v) is 3.39. The zero-order valence-electron chi connectivity index (χ0n) is 9.02. The minimum Gasteiger partial charge on any atom is -0.497 e. The van der Waals surface area contributed by atoms with E-state index < -0.39 is 0 Å². The molecule has 17 heavy (non-hydrogen) atoms. The van der Waals surface area contributed by atoms with Gasteiger partial charge in [0.1, 0.15) is 6.61 Å². The number of rotatable bonds is 1. The molecule has 0 fully saturated rings. The first-order valence-corrected chi connectivity index (χ1v) is 5.56. The lowest BCUT2D eigenvalue weighted by atomic mass is 9.70. The summed E-state index contributed by atoms with van der Waals surface area (Å²) in [6, 6.07) is 0. The van der Waals surface area contributed by atoms with Gasteiger partial charge in [0.05, 0.1) is 24.0 Å². The molecule has 0 aliphatic carbocycles. The summed E-state index contributed by atoms with van der Waals surface area (Å²) in [5, 5.41) is 0.638. The van der Waals surface area contributed by atoms with Gasteiger partial charge in [-0.2, -0.15) is 0 Å². The maximum atomic E-state index is 6.27. The molecule has 92 valence electrons. The van der Waals surface area contributed by atoms with Crippen LogP contribution in [0.3, 0.4) is 0 Å². The van der Waals surface area contributed by atoms with Crippen LogP contribution in [0.25, 0.3) is 0 Å². The Morgan fingerprint density at radius 3 is 3.06 bits per heavy atom. The second-order valence-electron chi connectivity index (χ2n) is 3.90. The lowest BCUT2D eigenvalue weighted by Gasteiger charge is -2.27. The standard InChI is InChI=1S/C10H11BClNO3.ClH/c12-10-7-1-2-14-4-6-5-15-11(9(6)7)16-8(10)3-13;/h1-2,8H,3-5,13H2;1H/t8-;/m1./s1. The van der Waals surface area contributed by atoms with Crippen LogP contribution in [-0.2, 0) is 14.0 Å². The van der Waals surface area contributed by atoms with Crippen LogP contribution in [0.4, 0.5) is 0 Å². The summed E-state index contributed by atoms with van der Waals surface area (Å²) in [4.78, 5) is 0. The normalized spacial score (nSPS) is 26.5. The topological polar surface area (TPSA) is 53.7 Å². The van der Waals surface area contributed by atoms with E-state index in [0.717, 1.165) is 16.6 Å². The van der Waals surface area contributed by atoms with Gasteiger partial charge < -0.3 is 19.8 Å². The molecule has 3 aliphatic rings. The number of allylic oxidation sites excluding steroid dienone is 3. The Balaban J connectivity index is 0.00000108. The van der Waals surface area contributed by atoms with Crippen molar-refractivity contribution in [3.8, 4) is 0 Å². The van der Waals surface area contributed by atoms with Crippen molar-refractivity contribution in [2.24, 2.45) is 5.73 Å². The van der Waals surface area contributed by atoms with E-state index in [1.165, 1.54) is 0 Å². The zero-order valence-corrected chi connectivity index (χ0v) is 10.6. The van der Waals surface area contributed by atoms with Gasteiger partial charge in [0.2, 0.25) is 0 Å². The van der Waals surface area contributed by atoms with Crippen LogP contribution in [0.2, 0.25) is 0 Å². The lowest BCUT2D eigenvalue weighted by molar-refractivity contribution is 0.180. The van der Waals surface area contributed by atoms with E-state index in [-0.39, 0.29) is 25.6 Å². The van der Waals surface area contributed by atoms with E-state index in [1.807, 2.05) is 6.08 Å². The average Bonchev–Trinajstić information content (AvgIpc) is 2.57. The monoisotopic (exact) mass is 275 g/mol. The fourth-order valence-corrected chi connectivity index (χ4v) is 2.46. The minimum absolute atomic E-state index is 0. The Hall–Kier alpha value is -0.455. The second-order valence-corrected chi connectivity index (χ2v) is 4.30. The second kappa shape index (κ2) is 5.04. The van der Waals surface area contributed by atoms with Crippen LogP contribution in [0.15, 0.2) is 34.0 Å². The Kier molecular flexibility index (Phi) is 3.85. The number of hydrogen-bond acceptors (Lipinski definition) is 4. The van der Waals surface area contributed by atoms with Crippen LogP contribution in [0.1, 0.15) is 0 Å². The number of halogens is 2. The van der Waals surface area contributed by atoms with E-state index in [0.29, 0.717) is 24.8 Å². The van der Waals surface area contributed by atoms with Crippen LogP contribution >= 0.6 is 24.0 Å². The van der Waals surface area contributed by atoms with Gasteiger partial charge in [0, 0.05) is 6.54 Å². The maximum absolute atomic E-state index is 6.27. The van der Waals surface area contributed by atoms with Crippen molar-refractivity contribution in [3.63, 3.8) is 0 Å². The molecule has 3 aliphatic heterocycles. The maximum Gasteiger partial charge on any atom is 0.495 e. The molecule has 0 spiro atoms. The van der Waals surface area contributed by atoms with E-state index in [4.69, 9.17) is 31.4 Å². The molecule has 7 heteroatoms. The van der Waals surface area contributed by atoms with Crippen molar-refractivity contribution in [2.45, 2.75) is 6.10 Å². The predicted molar refractivity (Wildman–Crippen MR) is 67.9 cm³/mol. The summed E-state index contributed by atoms with van der Waals surface area (Å²) in [6.45, 7) is 1.42. The molecular weight excluding hydrogens is 264 g/mol. The molecule has 0 aromatic heterocycles. The van der Waals surface area contributed by atoms with Gasteiger partial charge >= 0.3 is 7.12 Å². The Morgan fingerprint density at radius 2 is 2.29 bits per heavy atom. The molecule has 0 saturated carbocycles. The first kappa shape index (κ1) is 13.0. The fourth-order valence-electron chi connectivity index (χ4n) is 2.15. The highest BCUT2D eigenvalue weighted by atomic mass is 35.5. The van der Waals surface area contributed by atoms with Crippen molar-refractivity contribution in [1.82, 2.24) is 0 Å². The summed E-state index contributed by atoms with van der Waals surface area (Å²) in [7, 11) is -0.340. The summed E-state index contributed by atoms with van der Waals surface area (Å²) in [6.07, 6.45) is 3.23. The molecule has 0 radical (unpaired) electrons. The summed E-state index contributed by atoms with van der Waals surface area (Å²) < 4.78 is 16.6. The molecule has 0 amide bonds. The van der Waals surface area contributed by atoms with Gasteiger partial charge in [0.15, 0.2) is 0 Å². The van der Waals surface area contributed by atoms with Crippen molar-refractivity contribution in [3.05, 3.63) is 34.0 Å². The summed E-state index contributed by atoms with van der Waals surface area (Å²) in [5.41, 5.74) is 8.67. The molecule has 4 nitrogen and oxygen atoms in total. The molecular formula is C10H12BCl2NO3. The van der Waals surface area contributed by atoms with E-state index in [9.17, 15) is 0 Å². The first-order chi connectivity index (χ1) is 7.81. The number of hydrogen-bond donors (Lipinski definition) is 1. The van der Waals surface area contributed by atoms with Crippen LogP contribution in [-0.4, -0.2) is 33.0 Å². The van der Waals surface area contributed by atoms with Gasteiger partial charge in [-0.25, -0.2) is 0 Å². The SMILES string of the molecule is Cl.NC[C@H]1OB2OCC3=C2C(=C1Cl)C=COC3. The van der Waals surface area contributed by atoms with E-state index >= 15 is 0 Å². The number of nitrogens with two attached hydrogens (primary N) is 1. The molecule has 2 N–H and O–H groups in total. The lowest BCUT2D eigenvalue weighted by Crippen LogP contribution is -2.38. The molecule has 0 aromatic rings. The minimum atomic E-state index is -0.340. The Bertz CT molecular complexity index is 422. The van der Waals surface area contributed by atoms with Crippen molar-refractivity contribution in [2.75, 3.05) is 19.8 Å². The third kappa shape index (κ3) is 2.02. The largest absolute Gasteiger partial charge is 0.497 e. The molecule has 0 aromatic carbocycles. The van der Waals surface area contributed by atoms with E-state index in [1.54, 1.807) is 6.26 Å². The first-order valence-electron chi connectivity index (χ1n) is 5.18. The van der Waals surface area contributed by atoms with Crippen LogP contribution < -0.4 is 5.73 Å². The zero-order chi connectivity index (χ0) is 11.1. The average molecular weight is 276 g/mol. The molecule has 0 bridgehead atoms. The molecule has 0 unspecified atom stereocenters. The predicted octanol–water partition coefficient (Wildman–Crippen LogP) is 1.16. The highest BCUT2D eigenvalue weighted by Gasteiger charge is 2.43. The molecule has 0 saturated heterocycles. The van der Waals surface area contributed by atoms with E-state index in [2.05, 4.69) is 0 Å². The van der Waals surface area contributed by atoms with Gasteiger partial charge in [-0.05, 0) is 22.7 Å². The van der Waals surface area contributed by atoms with Gasteiger partial charge in [0.25, 0.3) is 0 Å². The highest BCUT2D eigenvalue weighted by Crippen LogP contribution is 2.38.